The first-order valence-corrected chi connectivity index (χ1v) is 25.9. The average Bonchev–Trinajstić information content (AvgIpc) is 3.58. The van der Waals surface area contributed by atoms with Crippen LogP contribution >= 0.6 is 0 Å². The zero-order valence-corrected chi connectivity index (χ0v) is 40.3. The lowest BCUT2D eigenvalue weighted by Crippen LogP contribution is -2.66. The van der Waals surface area contributed by atoms with Crippen molar-refractivity contribution in [3.63, 3.8) is 0 Å². The van der Waals surface area contributed by atoms with Gasteiger partial charge in [-0.2, -0.15) is 4.31 Å². The van der Waals surface area contributed by atoms with Crippen LogP contribution in [0.5, 0.6) is 0 Å². The summed E-state index contributed by atoms with van der Waals surface area (Å²) in [7, 11) is -3.11. The van der Waals surface area contributed by atoms with Gasteiger partial charge in [-0.1, -0.05) is 77.1 Å². The number of nitrogens with one attached hydrogen (secondary N) is 1. The van der Waals surface area contributed by atoms with Crippen molar-refractivity contribution in [2.75, 3.05) is 52.1 Å². The van der Waals surface area contributed by atoms with Gasteiger partial charge in [-0.15, -0.1) is 0 Å². The Morgan fingerprint density at radius 1 is 0.852 bits per heavy atom. The van der Waals surface area contributed by atoms with E-state index in [1.54, 1.807) is 18.2 Å². The number of ether oxygens (including phenoxy) is 2. The number of rotatable bonds is 14. The lowest BCUT2D eigenvalue weighted by Gasteiger charge is -2.73. The topological polar surface area (TPSA) is 105 Å². The van der Waals surface area contributed by atoms with E-state index < -0.39 is 15.4 Å². The predicted octanol–water partition coefficient (Wildman–Crippen LogP) is 9.27. The zero-order valence-electron chi connectivity index (χ0n) is 39.5. The highest BCUT2D eigenvalue weighted by Crippen LogP contribution is 2.78. The second-order valence-corrected chi connectivity index (χ2v) is 25.0. The number of hydrogen-bond acceptors (Lipinski definition) is 8. The minimum absolute atomic E-state index is 0.00598. The second-order valence-electron chi connectivity index (χ2n) is 23.0. The van der Waals surface area contributed by atoms with Gasteiger partial charge in [-0.3, -0.25) is 14.5 Å². The molecule has 1 aromatic carbocycles. The minimum Gasteiger partial charge on any atom is -0.462 e. The number of esters is 2. The maximum Gasteiger partial charge on any atom is 0.312 e. The molecule has 10 atom stereocenters. The van der Waals surface area contributed by atoms with Gasteiger partial charge >= 0.3 is 11.9 Å². The van der Waals surface area contributed by atoms with Gasteiger partial charge in [0.25, 0.3) is 0 Å². The average molecular weight is 864 g/mol. The second kappa shape index (κ2) is 17.3. The van der Waals surface area contributed by atoms with Crippen molar-refractivity contribution in [2.45, 2.75) is 145 Å². The number of nitrogens with zero attached hydrogens (tertiary/aromatic N) is 2. The quantitative estimate of drug-likeness (QED) is 0.112. The largest absolute Gasteiger partial charge is 0.462 e. The first kappa shape index (κ1) is 46.7. The molecule has 7 rings (SSSR count). The van der Waals surface area contributed by atoms with E-state index in [2.05, 4.69) is 58.3 Å². The summed E-state index contributed by atoms with van der Waals surface area (Å²) in [6.45, 7) is 29.2. The summed E-state index contributed by atoms with van der Waals surface area (Å²) in [5.74, 6) is 2.40. The molecule has 6 fully saturated rings. The zero-order chi connectivity index (χ0) is 44.2. The van der Waals surface area contributed by atoms with Crippen LogP contribution in [0.1, 0.15) is 138 Å². The molecule has 61 heavy (non-hydrogen) atoms. The van der Waals surface area contributed by atoms with E-state index in [0.717, 1.165) is 57.5 Å². The number of sulfonamides is 1. The minimum atomic E-state index is -3.11. The molecule has 0 aromatic heterocycles. The number of carbonyl (C=O) groups is 2. The fourth-order valence-corrected chi connectivity index (χ4v) is 16.3. The van der Waals surface area contributed by atoms with Gasteiger partial charge in [-0.05, 0) is 155 Å². The number of allylic oxidation sites excluding steroid dienone is 1. The van der Waals surface area contributed by atoms with Crippen LogP contribution in [0.2, 0.25) is 0 Å². The van der Waals surface area contributed by atoms with Crippen molar-refractivity contribution < 1.29 is 27.5 Å². The Bertz CT molecular complexity index is 1880. The van der Waals surface area contributed by atoms with Gasteiger partial charge in [0.15, 0.2) is 0 Å². The molecular weight excluding hydrogens is 783 g/mol. The molecule has 5 aliphatic carbocycles. The normalized spacial score (nSPS) is 37.7. The van der Waals surface area contributed by atoms with Gasteiger partial charge in [0.2, 0.25) is 10.0 Å². The summed E-state index contributed by atoms with van der Waals surface area (Å²) >= 11 is 0. The molecule has 0 radical (unpaired) electrons. The lowest BCUT2D eigenvalue weighted by atomic mass is 9.32. The molecule has 1 aliphatic heterocycles. The van der Waals surface area contributed by atoms with E-state index >= 15 is 0 Å². The van der Waals surface area contributed by atoms with E-state index in [4.69, 9.17) is 9.47 Å². The standard InChI is InChI=1S/C51H81N3O6S/c1-36(2)38-18-23-51(26-27-52-28-29-53-30-32-54(33-31-53)61(10,57)58)25-24-49(8)39(44(38)51)16-17-41-48(7)21-20-42(47(5,6)40(48)19-22-50(41,49)9)60-43(55)34-46(3,4)45(56)59-35-37-14-12-11-13-15-37/h11-15,38-42,44,52H,1,16-35H2,2-10H3/t38-,39+,40-,41+,42-,44+,48-,49+,50+,51+/m0/s1. The third kappa shape index (κ3) is 8.68. The molecule has 1 aromatic rings. The van der Waals surface area contributed by atoms with E-state index in [1.165, 1.54) is 63.2 Å². The number of benzene rings is 1. The Kier molecular flexibility index (Phi) is 13.2. The van der Waals surface area contributed by atoms with Gasteiger partial charge < -0.3 is 14.8 Å². The molecule has 5 saturated carbocycles. The molecule has 1 N–H and O–H groups in total. The van der Waals surface area contributed by atoms with Crippen LogP contribution in [-0.4, -0.2) is 87.7 Å². The third-order valence-corrected chi connectivity index (χ3v) is 20.3. The van der Waals surface area contributed by atoms with Crippen molar-refractivity contribution >= 4 is 22.0 Å². The maximum atomic E-state index is 13.6. The summed E-state index contributed by atoms with van der Waals surface area (Å²) in [5.41, 5.74) is 2.23. The predicted molar refractivity (Wildman–Crippen MR) is 244 cm³/mol. The molecule has 1 heterocycles. The van der Waals surface area contributed by atoms with E-state index in [1.807, 2.05) is 30.3 Å². The SMILES string of the molecule is C=C(C)[C@@H]1CC[C@]2(CCNCCN3CCN(S(C)(=O)=O)CC3)CC[C@]3(C)[C@H](CC[C@@H]4[C@@]5(C)CC[C@H](OC(=O)CC(C)(C)C(=O)OCc6ccccc6)C(C)(C)[C@@H]5CC[C@]43C)[C@@H]12. The number of fused-ring (bicyclic) bond motifs is 7. The summed E-state index contributed by atoms with van der Waals surface area (Å²) < 4.78 is 37.6. The van der Waals surface area contributed by atoms with Crippen LogP contribution in [0.4, 0.5) is 0 Å². The van der Waals surface area contributed by atoms with Crippen molar-refractivity contribution in [3.8, 4) is 0 Å². The summed E-state index contributed by atoms with van der Waals surface area (Å²) in [6, 6.07) is 9.66. The fraction of sp³-hybridized carbons (Fsp3) is 0.804. The summed E-state index contributed by atoms with van der Waals surface area (Å²) in [6.07, 6.45) is 14.5. The number of carbonyl (C=O) groups excluding carboxylic acids is 2. The molecule has 10 heteroatoms. The Morgan fingerprint density at radius 3 is 2.23 bits per heavy atom. The summed E-state index contributed by atoms with van der Waals surface area (Å²) in [5, 5.41) is 3.84. The van der Waals surface area contributed by atoms with Crippen molar-refractivity contribution in [3.05, 3.63) is 48.0 Å². The molecule has 0 amide bonds. The highest BCUT2D eigenvalue weighted by molar-refractivity contribution is 7.88. The van der Waals surface area contributed by atoms with Crippen molar-refractivity contribution in [1.29, 1.82) is 0 Å². The Balaban J connectivity index is 0.985. The fourth-order valence-electron chi connectivity index (χ4n) is 15.4. The van der Waals surface area contributed by atoms with Crippen LogP contribution in [0, 0.1) is 62.1 Å². The maximum absolute atomic E-state index is 13.6. The molecular formula is C51H81N3O6S. The summed E-state index contributed by atoms with van der Waals surface area (Å²) in [4.78, 5) is 29.2. The Morgan fingerprint density at radius 2 is 1.56 bits per heavy atom. The first-order chi connectivity index (χ1) is 28.6. The van der Waals surface area contributed by atoms with Gasteiger partial charge in [-0.25, -0.2) is 8.42 Å². The molecule has 0 unspecified atom stereocenters. The monoisotopic (exact) mass is 864 g/mol. The van der Waals surface area contributed by atoms with Gasteiger partial charge in [0.05, 0.1) is 18.1 Å². The number of piperazine rings is 1. The van der Waals surface area contributed by atoms with E-state index in [0.29, 0.717) is 48.1 Å². The Labute approximate surface area is 370 Å². The van der Waals surface area contributed by atoms with Crippen molar-refractivity contribution in [1.82, 2.24) is 14.5 Å². The molecule has 6 aliphatic rings. The molecule has 0 spiro atoms. The van der Waals surface area contributed by atoms with Crippen LogP contribution < -0.4 is 5.32 Å². The van der Waals surface area contributed by atoms with E-state index in [9.17, 15) is 18.0 Å². The lowest BCUT2D eigenvalue weighted by molar-refractivity contribution is -0.250. The van der Waals surface area contributed by atoms with Crippen LogP contribution in [0.15, 0.2) is 42.5 Å². The van der Waals surface area contributed by atoms with Crippen molar-refractivity contribution in [2.24, 2.45) is 62.1 Å². The number of hydrogen-bond donors (Lipinski definition) is 1. The Hall–Kier alpha value is -2.27. The molecule has 0 bridgehead atoms. The van der Waals surface area contributed by atoms with Gasteiger partial charge in [0, 0.05) is 44.7 Å². The smallest absolute Gasteiger partial charge is 0.312 e. The third-order valence-electron chi connectivity index (χ3n) is 19.0. The van der Waals surface area contributed by atoms with Crippen LogP contribution in [-0.2, 0) is 35.7 Å². The van der Waals surface area contributed by atoms with Crippen LogP contribution in [0.25, 0.3) is 0 Å². The van der Waals surface area contributed by atoms with E-state index in [-0.39, 0.29) is 52.7 Å². The van der Waals surface area contributed by atoms with Crippen LogP contribution in [0.3, 0.4) is 0 Å². The first-order valence-electron chi connectivity index (χ1n) is 24.0. The molecule has 342 valence electrons. The highest BCUT2D eigenvalue weighted by atomic mass is 32.2. The molecule has 9 nitrogen and oxygen atoms in total. The highest BCUT2D eigenvalue weighted by Gasteiger charge is 2.71. The molecule has 1 saturated heterocycles. The van der Waals surface area contributed by atoms with Gasteiger partial charge in [0.1, 0.15) is 12.7 Å².